The molecule has 0 amide bonds. The zero-order chi connectivity index (χ0) is 18.3. The first-order chi connectivity index (χ1) is 11.3. The van der Waals surface area contributed by atoms with Gasteiger partial charge in [0.15, 0.2) is 11.6 Å². The molecular weight excluding hydrogens is 309 g/mol. The summed E-state index contributed by atoms with van der Waals surface area (Å²) in [4.78, 5) is 11.3. The van der Waals surface area contributed by atoms with Crippen LogP contribution in [0.2, 0.25) is 0 Å². The van der Waals surface area contributed by atoms with E-state index in [9.17, 15) is 9.18 Å². The van der Waals surface area contributed by atoms with Crippen LogP contribution in [0.1, 0.15) is 39.2 Å². The highest BCUT2D eigenvalue weighted by Crippen LogP contribution is 2.26. The molecule has 1 aromatic rings. The molecule has 0 bridgehead atoms. The van der Waals surface area contributed by atoms with Crippen molar-refractivity contribution in [2.75, 3.05) is 14.2 Å². The molecule has 0 aliphatic heterocycles. The summed E-state index contributed by atoms with van der Waals surface area (Å²) in [5.41, 5.74) is 1.96. The maximum atomic E-state index is 13.5. The molecule has 1 N–H and O–H groups in total. The van der Waals surface area contributed by atoms with Gasteiger partial charge in [0.1, 0.15) is 0 Å². The number of halogens is 1. The number of methoxy groups -OCH3 is 2. The van der Waals surface area contributed by atoms with Crippen molar-refractivity contribution in [1.82, 2.24) is 0 Å². The maximum Gasteiger partial charge on any atom is 0.305 e. The number of carbonyl (C=O) groups is 1. The summed E-state index contributed by atoms with van der Waals surface area (Å²) in [6.07, 6.45) is 2.81. The van der Waals surface area contributed by atoms with Crippen LogP contribution in [0.15, 0.2) is 29.8 Å². The van der Waals surface area contributed by atoms with Gasteiger partial charge in [-0.05, 0) is 42.5 Å². The van der Waals surface area contributed by atoms with Gasteiger partial charge in [-0.3, -0.25) is 4.79 Å². The van der Waals surface area contributed by atoms with E-state index < -0.39 is 5.82 Å². The zero-order valence-electron chi connectivity index (χ0n) is 15.0. The number of allylic oxidation sites excluding steroid dienone is 2. The van der Waals surface area contributed by atoms with Gasteiger partial charge in [0.25, 0.3) is 0 Å². The van der Waals surface area contributed by atoms with Crippen molar-refractivity contribution < 1.29 is 18.7 Å². The molecule has 1 rings (SSSR count). The number of ether oxygens (including phenoxy) is 2. The molecule has 24 heavy (non-hydrogen) atoms. The monoisotopic (exact) mass is 335 g/mol. The second-order valence-electron chi connectivity index (χ2n) is 6.08. The third kappa shape index (κ3) is 5.48. The minimum atomic E-state index is -0.450. The Labute approximate surface area is 143 Å². The molecule has 1 aromatic carbocycles. The first kappa shape index (κ1) is 19.9. The second-order valence-corrected chi connectivity index (χ2v) is 6.08. The van der Waals surface area contributed by atoms with Crippen molar-refractivity contribution in [3.05, 3.63) is 41.2 Å². The predicted octanol–water partition coefficient (Wildman–Crippen LogP) is 4.37. The molecule has 0 saturated carbocycles. The lowest BCUT2D eigenvalue weighted by atomic mass is 9.86. The van der Waals surface area contributed by atoms with Crippen LogP contribution in [-0.4, -0.2) is 25.9 Å². The molecule has 5 heteroatoms. The molecule has 0 heterocycles. The molecular formula is C19H26FNO3. The first-order valence-corrected chi connectivity index (χ1v) is 8.00. The summed E-state index contributed by atoms with van der Waals surface area (Å²) in [5, 5.41) is 8.30. The maximum absolute atomic E-state index is 13.5. The van der Waals surface area contributed by atoms with Crippen LogP contribution < -0.4 is 4.74 Å². The van der Waals surface area contributed by atoms with Gasteiger partial charge in [0.05, 0.1) is 19.9 Å². The van der Waals surface area contributed by atoms with E-state index >= 15 is 0 Å². The van der Waals surface area contributed by atoms with E-state index in [-0.39, 0.29) is 23.6 Å². The standard InChI is InChI=1S/C19H26FNO3/c1-12(2)15(13(3)6-9-19(22)24-5)11-17(21)14-7-8-16(20)18(10-14)23-4/h7-8,10-13,21H,6,9H2,1-5H3. The van der Waals surface area contributed by atoms with E-state index in [1.54, 1.807) is 12.1 Å². The average Bonchev–Trinajstić information content (AvgIpc) is 2.56. The molecule has 0 saturated heterocycles. The van der Waals surface area contributed by atoms with Gasteiger partial charge in [-0.25, -0.2) is 4.39 Å². The van der Waals surface area contributed by atoms with Crippen molar-refractivity contribution in [2.24, 2.45) is 11.8 Å². The van der Waals surface area contributed by atoms with Gasteiger partial charge < -0.3 is 14.9 Å². The summed E-state index contributed by atoms with van der Waals surface area (Å²) in [6.45, 7) is 6.14. The van der Waals surface area contributed by atoms with E-state index in [0.717, 1.165) is 5.57 Å². The van der Waals surface area contributed by atoms with Crippen LogP contribution in [-0.2, 0) is 9.53 Å². The second kappa shape index (κ2) is 9.21. The number of esters is 1. The summed E-state index contributed by atoms with van der Waals surface area (Å²) >= 11 is 0. The van der Waals surface area contributed by atoms with Gasteiger partial charge in [-0.2, -0.15) is 0 Å². The lowest BCUT2D eigenvalue weighted by Crippen LogP contribution is -2.11. The Balaban J connectivity index is 2.98. The SMILES string of the molecule is COC(=O)CCC(C)C(=CC(=N)c1ccc(F)c(OC)c1)C(C)C. The minimum absolute atomic E-state index is 0.121. The van der Waals surface area contributed by atoms with Crippen molar-refractivity contribution in [1.29, 1.82) is 5.41 Å². The number of hydrogen-bond donors (Lipinski definition) is 1. The van der Waals surface area contributed by atoms with Gasteiger partial charge in [-0.1, -0.05) is 26.3 Å². The molecule has 0 aromatic heterocycles. The fourth-order valence-electron chi connectivity index (χ4n) is 2.56. The van der Waals surface area contributed by atoms with Crippen LogP contribution in [0.5, 0.6) is 5.75 Å². The Morgan fingerprint density at radius 2 is 1.96 bits per heavy atom. The van der Waals surface area contributed by atoms with E-state index in [1.165, 1.54) is 26.4 Å². The van der Waals surface area contributed by atoms with Crippen LogP contribution in [0.4, 0.5) is 4.39 Å². The summed E-state index contributed by atoms with van der Waals surface area (Å²) < 4.78 is 23.2. The minimum Gasteiger partial charge on any atom is -0.494 e. The van der Waals surface area contributed by atoms with Crippen LogP contribution in [0.3, 0.4) is 0 Å². The number of hydrogen-bond acceptors (Lipinski definition) is 4. The largest absolute Gasteiger partial charge is 0.494 e. The fourth-order valence-corrected chi connectivity index (χ4v) is 2.56. The van der Waals surface area contributed by atoms with E-state index in [1.807, 2.05) is 6.92 Å². The summed E-state index contributed by atoms with van der Waals surface area (Å²) in [6, 6.07) is 4.38. The van der Waals surface area contributed by atoms with Crippen molar-refractivity contribution in [3.8, 4) is 5.75 Å². The predicted molar refractivity (Wildman–Crippen MR) is 93.1 cm³/mol. The number of carbonyl (C=O) groups excluding carboxylic acids is 1. The van der Waals surface area contributed by atoms with Crippen LogP contribution in [0, 0.1) is 23.1 Å². The van der Waals surface area contributed by atoms with Gasteiger partial charge in [-0.15, -0.1) is 0 Å². The first-order valence-electron chi connectivity index (χ1n) is 8.00. The highest BCUT2D eigenvalue weighted by Gasteiger charge is 2.16. The Morgan fingerprint density at radius 1 is 1.29 bits per heavy atom. The highest BCUT2D eigenvalue weighted by molar-refractivity contribution is 6.07. The zero-order valence-corrected chi connectivity index (χ0v) is 15.0. The third-order valence-corrected chi connectivity index (χ3v) is 4.02. The van der Waals surface area contributed by atoms with E-state index in [0.29, 0.717) is 24.1 Å². The smallest absolute Gasteiger partial charge is 0.305 e. The normalized spacial score (nSPS) is 12.9. The summed E-state index contributed by atoms with van der Waals surface area (Å²) in [7, 11) is 2.78. The Morgan fingerprint density at radius 3 is 2.50 bits per heavy atom. The highest BCUT2D eigenvalue weighted by atomic mass is 19.1. The van der Waals surface area contributed by atoms with E-state index in [2.05, 4.69) is 18.6 Å². The Kier molecular flexibility index (Phi) is 7.62. The van der Waals surface area contributed by atoms with Gasteiger partial charge >= 0.3 is 5.97 Å². The number of nitrogens with one attached hydrogen (secondary N) is 1. The molecule has 0 spiro atoms. The molecule has 1 unspecified atom stereocenters. The average molecular weight is 335 g/mol. The number of benzene rings is 1. The lowest BCUT2D eigenvalue weighted by Gasteiger charge is -2.19. The molecule has 1 atom stereocenters. The topological polar surface area (TPSA) is 59.4 Å². The molecule has 0 fully saturated rings. The van der Waals surface area contributed by atoms with E-state index in [4.69, 9.17) is 10.1 Å². The number of rotatable bonds is 8. The summed E-state index contributed by atoms with van der Waals surface area (Å²) in [5.74, 6) is -0.181. The fraction of sp³-hybridized carbons (Fsp3) is 0.474. The molecule has 0 aliphatic carbocycles. The lowest BCUT2D eigenvalue weighted by molar-refractivity contribution is -0.140. The van der Waals surface area contributed by atoms with Gasteiger partial charge in [0, 0.05) is 12.0 Å². The van der Waals surface area contributed by atoms with Crippen LogP contribution in [0.25, 0.3) is 0 Å². The Bertz CT molecular complexity index is 623. The van der Waals surface area contributed by atoms with Crippen LogP contribution >= 0.6 is 0 Å². The molecule has 0 aliphatic rings. The third-order valence-electron chi connectivity index (χ3n) is 4.02. The van der Waals surface area contributed by atoms with Crippen molar-refractivity contribution >= 4 is 11.7 Å². The van der Waals surface area contributed by atoms with Crippen molar-refractivity contribution in [3.63, 3.8) is 0 Å². The van der Waals surface area contributed by atoms with Gasteiger partial charge in [0.2, 0.25) is 0 Å². The Hall–Kier alpha value is -2.17. The van der Waals surface area contributed by atoms with Crippen molar-refractivity contribution in [2.45, 2.75) is 33.6 Å². The molecule has 132 valence electrons. The molecule has 0 radical (unpaired) electrons. The molecule has 4 nitrogen and oxygen atoms in total. The quantitative estimate of drug-likeness (QED) is 0.567.